The monoisotopic (exact) mass is 352 g/mol. The second-order valence-electron chi connectivity index (χ2n) is 5.80. The highest BCUT2D eigenvalue weighted by molar-refractivity contribution is 7.98. The molecule has 2 heterocycles. The zero-order chi connectivity index (χ0) is 17.1. The van der Waals surface area contributed by atoms with E-state index in [0.29, 0.717) is 29.1 Å². The molecule has 1 aliphatic carbocycles. The number of nitrogens with zero attached hydrogens (tertiary/aromatic N) is 3. The molecule has 4 rings (SSSR count). The van der Waals surface area contributed by atoms with Crippen LogP contribution in [0.1, 0.15) is 29.1 Å². The summed E-state index contributed by atoms with van der Waals surface area (Å²) in [6.07, 6.45) is 3.74. The van der Waals surface area contributed by atoms with Crippen LogP contribution in [0, 0.1) is 0 Å². The molecule has 0 spiro atoms. The van der Waals surface area contributed by atoms with E-state index in [1.165, 1.54) is 11.8 Å². The van der Waals surface area contributed by atoms with E-state index in [1.54, 1.807) is 12.3 Å². The van der Waals surface area contributed by atoms with E-state index in [2.05, 4.69) is 20.4 Å². The van der Waals surface area contributed by atoms with Crippen LogP contribution >= 0.6 is 11.8 Å². The molecule has 6 nitrogen and oxygen atoms in total. The third-order valence-corrected chi connectivity index (χ3v) is 4.68. The third-order valence-electron chi connectivity index (χ3n) is 3.75. The smallest absolute Gasteiger partial charge is 0.253 e. The summed E-state index contributed by atoms with van der Waals surface area (Å²) in [7, 11) is 0. The van der Waals surface area contributed by atoms with Gasteiger partial charge < -0.3 is 9.84 Å². The van der Waals surface area contributed by atoms with Gasteiger partial charge in [0.1, 0.15) is 0 Å². The molecule has 1 aliphatic rings. The van der Waals surface area contributed by atoms with Gasteiger partial charge in [-0.1, -0.05) is 47.3 Å². The van der Waals surface area contributed by atoms with Crippen LogP contribution in [0.25, 0.3) is 11.4 Å². The van der Waals surface area contributed by atoms with Gasteiger partial charge in [0, 0.05) is 17.8 Å². The van der Waals surface area contributed by atoms with Gasteiger partial charge in [-0.05, 0) is 25.0 Å². The number of nitrogens with one attached hydrogen (secondary N) is 1. The summed E-state index contributed by atoms with van der Waals surface area (Å²) < 4.78 is 5.28. The van der Waals surface area contributed by atoms with E-state index in [0.717, 1.165) is 23.4 Å². The first-order valence-electron chi connectivity index (χ1n) is 8.06. The van der Waals surface area contributed by atoms with Crippen LogP contribution in [0.2, 0.25) is 0 Å². The third kappa shape index (κ3) is 4.06. The average molecular weight is 352 g/mol. The van der Waals surface area contributed by atoms with E-state index in [9.17, 15) is 4.79 Å². The topological polar surface area (TPSA) is 80.9 Å². The molecule has 126 valence electrons. The number of amides is 1. The molecular formula is C18H16N4O2S. The number of pyridine rings is 1. The molecule has 1 saturated carbocycles. The first kappa shape index (κ1) is 15.8. The van der Waals surface area contributed by atoms with Crippen molar-refractivity contribution in [2.24, 2.45) is 0 Å². The maximum Gasteiger partial charge on any atom is 0.253 e. The van der Waals surface area contributed by atoms with Gasteiger partial charge in [0.05, 0.1) is 16.3 Å². The number of thioether (sulfide) groups is 1. The largest absolute Gasteiger partial charge is 0.349 e. The number of hydrogen-bond donors (Lipinski definition) is 1. The Hall–Kier alpha value is -2.67. The van der Waals surface area contributed by atoms with Gasteiger partial charge in [-0.2, -0.15) is 4.98 Å². The van der Waals surface area contributed by atoms with Crippen LogP contribution in [-0.2, 0) is 5.75 Å². The van der Waals surface area contributed by atoms with Crippen molar-refractivity contribution in [2.45, 2.75) is 29.7 Å². The van der Waals surface area contributed by atoms with Crippen molar-refractivity contribution >= 4 is 17.7 Å². The molecule has 0 unspecified atom stereocenters. The van der Waals surface area contributed by atoms with Crippen LogP contribution < -0.4 is 5.32 Å². The Morgan fingerprint density at radius 1 is 1.20 bits per heavy atom. The van der Waals surface area contributed by atoms with Crippen molar-refractivity contribution < 1.29 is 9.32 Å². The van der Waals surface area contributed by atoms with Crippen molar-refractivity contribution in [3.05, 3.63) is 60.1 Å². The highest BCUT2D eigenvalue weighted by atomic mass is 32.2. The minimum absolute atomic E-state index is 0.0593. The molecule has 0 atom stereocenters. The summed E-state index contributed by atoms with van der Waals surface area (Å²) in [5.41, 5.74) is 1.51. The predicted molar refractivity (Wildman–Crippen MR) is 94.0 cm³/mol. The summed E-state index contributed by atoms with van der Waals surface area (Å²) in [5, 5.41) is 7.75. The van der Waals surface area contributed by atoms with Gasteiger partial charge in [-0.25, -0.2) is 4.98 Å². The lowest BCUT2D eigenvalue weighted by Crippen LogP contribution is -2.25. The minimum atomic E-state index is -0.0593. The van der Waals surface area contributed by atoms with Crippen LogP contribution in [0.15, 0.2) is 58.2 Å². The van der Waals surface area contributed by atoms with Crippen LogP contribution in [0.4, 0.5) is 0 Å². The second-order valence-corrected chi connectivity index (χ2v) is 6.79. The van der Waals surface area contributed by atoms with E-state index < -0.39 is 0 Å². The SMILES string of the molecule is O=C(NC1CC1)c1ccc(SCc2nc(-c3ccccc3)no2)nc1. The fraction of sp³-hybridized carbons (Fsp3) is 0.222. The molecule has 0 saturated heterocycles. The molecular weight excluding hydrogens is 336 g/mol. The quantitative estimate of drug-likeness (QED) is 0.686. The van der Waals surface area contributed by atoms with E-state index in [1.807, 2.05) is 36.4 Å². The van der Waals surface area contributed by atoms with Crippen molar-refractivity contribution in [1.29, 1.82) is 0 Å². The number of benzene rings is 1. The van der Waals surface area contributed by atoms with Gasteiger partial charge in [0.2, 0.25) is 11.7 Å². The molecule has 1 aromatic carbocycles. The Morgan fingerprint density at radius 3 is 2.76 bits per heavy atom. The van der Waals surface area contributed by atoms with Crippen LogP contribution in [0.3, 0.4) is 0 Å². The molecule has 0 radical (unpaired) electrons. The summed E-state index contributed by atoms with van der Waals surface area (Å²) >= 11 is 1.49. The Labute approximate surface area is 149 Å². The van der Waals surface area contributed by atoms with Gasteiger partial charge in [-0.3, -0.25) is 4.79 Å². The van der Waals surface area contributed by atoms with Gasteiger partial charge in [0.25, 0.3) is 5.91 Å². The second kappa shape index (κ2) is 7.06. The number of hydrogen-bond acceptors (Lipinski definition) is 6. The Kier molecular flexibility index (Phi) is 4.47. The minimum Gasteiger partial charge on any atom is -0.349 e. The van der Waals surface area contributed by atoms with Crippen molar-refractivity contribution in [1.82, 2.24) is 20.4 Å². The lowest BCUT2D eigenvalue weighted by Gasteiger charge is -2.03. The number of carbonyl (C=O) groups is 1. The maximum atomic E-state index is 11.9. The summed E-state index contributed by atoms with van der Waals surface area (Å²) in [5.74, 6) is 1.59. The van der Waals surface area contributed by atoms with Gasteiger partial charge in [-0.15, -0.1) is 0 Å². The molecule has 2 aromatic heterocycles. The molecule has 1 N–H and O–H groups in total. The fourth-order valence-electron chi connectivity index (χ4n) is 2.25. The van der Waals surface area contributed by atoms with Gasteiger partial charge in [0.15, 0.2) is 0 Å². The lowest BCUT2D eigenvalue weighted by molar-refractivity contribution is 0.0950. The molecule has 25 heavy (non-hydrogen) atoms. The normalized spacial score (nSPS) is 13.6. The highest BCUT2D eigenvalue weighted by Gasteiger charge is 2.23. The molecule has 7 heteroatoms. The van der Waals surface area contributed by atoms with E-state index in [4.69, 9.17) is 4.52 Å². The fourth-order valence-corrected chi connectivity index (χ4v) is 2.93. The van der Waals surface area contributed by atoms with Crippen molar-refractivity contribution in [3.63, 3.8) is 0 Å². The Bertz CT molecular complexity index is 860. The van der Waals surface area contributed by atoms with Crippen molar-refractivity contribution in [2.75, 3.05) is 0 Å². The predicted octanol–water partition coefficient (Wildman–Crippen LogP) is 3.32. The van der Waals surface area contributed by atoms with Crippen molar-refractivity contribution in [3.8, 4) is 11.4 Å². The Balaban J connectivity index is 1.35. The van der Waals surface area contributed by atoms with Gasteiger partial charge >= 0.3 is 0 Å². The van der Waals surface area contributed by atoms with Crippen LogP contribution in [-0.4, -0.2) is 27.1 Å². The summed E-state index contributed by atoms with van der Waals surface area (Å²) in [4.78, 5) is 20.6. The standard InChI is InChI=1S/C18H16N4O2S/c23-18(20-14-7-8-14)13-6-9-16(19-10-13)25-11-15-21-17(22-24-15)12-4-2-1-3-5-12/h1-6,9-10,14H,7-8,11H2,(H,20,23). The Morgan fingerprint density at radius 2 is 2.04 bits per heavy atom. The number of rotatable bonds is 6. The number of aromatic nitrogens is 3. The highest BCUT2D eigenvalue weighted by Crippen LogP contribution is 2.23. The van der Waals surface area contributed by atoms with E-state index in [-0.39, 0.29) is 5.91 Å². The molecule has 3 aromatic rings. The maximum absolute atomic E-state index is 11.9. The first-order chi connectivity index (χ1) is 12.3. The zero-order valence-electron chi connectivity index (χ0n) is 13.4. The lowest BCUT2D eigenvalue weighted by atomic mass is 10.2. The molecule has 1 fully saturated rings. The molecule has 0 aliphatic heterocycles. The summed E-state index contributed by atoms with van der Waals surface area (Å²) in [6, 6.07) is 13.7. The summed E-state index contributed by atoms with van der Waals surface area (Å²) in [6.45, 7) is 0. The zero-order valence-corrected chi connectivity index (χ0v) is 14.2. The molecule has 0 bridgehead atoms. The molecule has 1 amide bonds. The average Bonchev–Trinajstić information content (AvgIpc) is 3.34. The number of carbonyl (C=O) groups excluding carboxylic acids is 1. The van der Waals surface area contributed by atoms with E-state index >= 15 is 0 Å². The van der Waals surface area contributed by atoms with Crippen LogP contribution in [0.5, 0.6) is 0 Å². The first-order valence-corrected chi connectivity index (χ1v) is 9.04.